The zero-order valence-electron chi connectivity index (χ0n) is 14.8. The molecule has 1 heterocycles. The second-order valence-corrected chi connectivity index (χ2v) is 7.04. The van der Waals surface area contributed by atoms with E-state index in [1.54, 1.807) is 0 Å². The molecule has 0 saturated heterocycles. The van der Waals surface area contributed by atoms with Crippen molar-refractivity contribution >= 4 is 28.5 Å². The summed E-state index contributed by atoms with van der Waals surface area (Å²) < 4.78 is 5.30. The molecule has 1 atom stereocenters. The van der Waals surface area contributed by atoms with E-state index >= 15 is 0 Å². The van der Waals surface area contributed by atoms with Gasteiger partial charge in [-0.15, -0.1) is 0 Å². The van der Waals surface area contributed by atoms with Crippen LogP contribution in [0.4, 0.5) is 5.69 Å². The summed E-state index contributed by atoms with van der Waals surface area (Å²) in [5, 5.41) is 12.7. The summed E-state index contributed by atoms with van der Waals surface area (Å²) in [5.41, 5.74) is 8.12. The van der Waals surface area contributed by atoms with Crippen molar-refractivity contribution in [2.45, 2.75) is 45.3 Å². The maximum absolute atomic E-state index is 11.9. The first-order valence-corrected chi connectivity index (χ1v) is 8.18. The van der Waals surface area contributed by atoms with Crippen LogP contribution >= 0.6 is 0 Å². The SMILES string of the molecule is CC(C)(C)OC(=O)CC(N)Cc1c[nH]c2cccc(NCC(=O)O)c12. The number of aromatic amines is 1. The van der Waals surface area contributed by atoms with E-state index in [-0.39, 0.29) is 25.0 Å². The number of aromatic nitrogens is 1. The third-order valence-electron chi connectivity index (χ3n) is 3.55. The van der Waals surface area contributed by atoms with Crippen molar-refractivity contribution in [3.05, 3.63) is 30.0 Å². The Balaban J connectivity index is 2.12. The highest BCUT2D eigenvalue weighted by Gasteiger charge is 2.20. The van der Waals surface area contributed by atoms with E-state index in [0.29, 0.717) is 6.42 Å². The molecule has 0 aliphatic carbocycles. The Hall–Kier alpha value is -2.54. The zero-order valence-corrected chi connectivity index (χ0v) is 14.8. The monoisotopic (exact) mass is 347 g/mol. The van der Waals surface area contributed by atoms with Gasteiger partial charge in [0.1, 0.15) is 12.1 Å². The second kappa shape index (κ2) is 7.57. The van der Waals surface area contributed by atoms with Gasteiger partial charge in [-0.25, -0.2) is 0 Å². The van der Waals surface area contributed by atoms with E-state index in [1.165, 1.54) is 0 Å². The molecule has 0 aliphatic heterocycles. The zero-order chi connectivity index (χ0) is 18.6. The molecule has 0 bridgehead atoms. The van der Waals surface area contributed by atoms with E-state index in [0.717, 1.165) is 22.2 Å². The molecule has 7 nitrogen and oxygen atoms in total. The second-order valence-electron chi connectivity index (χ2n) is 7.04. The minimum absolute atomic E-state index is 0.120. The summed E-state index contributed by atoms with van der Waals surface area (Å²) in [5.74, 6) is -1.26. The number of carboxylic acids is 1. The van der Waals surface area contributed by atoms with E-state index < -0.39 is 11.6 Å². The lowest BCUT2D eigenvalue weighted by Gasteiger charge is -2.21. The predicted molar refractivity (Wildman–Crippen MR) is 96.6 cm³/mol. The first kappa shape index (κ1) is 18.8. The Morgan fingerprint density at radius 2 is 2.08 bits per heavy atom. The maximum Gasteiger partial charge on any atom is 0.322 e. The first-order valence-electron chi connectivity index (χ1n) is 8.18. The largest absolute Gasteiger partial charge is 0.480 e. The molecule has 0 aliphatic rings. The molecule has 25 heavy (non-hydrogen) atoms. The summed E-state index contributed by atoms with van der Waals surface area (Å²) >= 11 is 0. The lowest BCUT2D eigenvalue weighted by molar-refractivity contribution is -0.155. The van der Waals surface area contributed by atoms with Crippen molar-refractivity contribution in [1.82, 2.24) is 4.98 Å². The Morgan fingerprint density at radius 1 is 1.36 bits per heavy atom. The van der Waals surface area contributed by atoms with Crippen LogP contribution in [0.25, 0.3) is 10.9 Å². The summed E-state index contributed by atoms with van der Waals surface area (Å²) in [6, 6.07) is 5.18. The summed E-state index contributed by atoms with van der Waals surface area (Å²) in [6.07, 6.45) is 2.44. The first-order chi connectivity index (χ1) is 11.7. The van der Waals surface area contributed by atoms with Crippen LogP contribution < -0.4 is 11.1 Å². The van der Waals surface area contributed by atoms with Gasteiger partial charge >= 0.3 is 11.9 Å². The number of fused-ring (bicyclic) bond motifs is 1. The Morgan fingerprint density at radius 3 is 2.72 bits per heavy atom. The predicted octanol–water partition coefficient (Wildman–Crippen LogP) is 2.27. The molecule has 0 saturated carbocycles. The average Bonchev–Trinajstić information content (AvgIpc) is 2.86. The number of rotatable bonds is 7. The number of esters is 1. The number of anilines is 1. The summed E-state index contributed by atoms with van der Waals surface area (Å²) in [4.78, 5) is 25.9. The van der Waals surface area contributed by atoms with E-state index in [2.05, 4.69) is 10.3 Å². The number of carbonyl (C=O) groups is 2. The topological polar surface area (TPSA) is 117 Å². The van der Waals surface area contributed by atoms with Crippen molar-refractivity contribution in [3.63, 3.8) is 0 Å². The molecule has 136 valence electrons. The van der Waals surface area contributed by atoms with Crippen LogP contribution in [-0.2, 0) is 20.7 Å². The molecule has 1 aromatic heterocycles. The molecule has 0 spiro atoms. The fourth-order valence-corrected chi connectivity index (χ4v) is 2.69. The van der Waals surface area contributed by atoms with Crippen LogP contribution in [0.2, 0.25) is 0 Å². The highest BCUT2D eigenvalue weighted by Crippen LogP contribution is 2.28. The van der Waals surface area contributed by atoms with Crippen molar-refractivity contribution in [1.29, 1.82) is 0 Å². The Kier molecular flexibility index (Phi) is 5.69. The minimum Gasteiger partial charge on any atom is -0.480 e. The number of hydrogen-bond donors (Lipinski definition) is 4. The summed E-state index contributed by atoms with van der Waals surface area (Å²) in [7, 11) is 0. The van der Waals surface area contributed by atoms with Crippen molar-refractivity contribution < 1.29 is 19.4 Å². The van der Waals surface area contributed by atoms with Crippen molar-refractivity contribution in [2.75, 3.05) is 11.9 Å². The number of carbonyl (C=O) groups excluding carboxylic acids is 1. The molecule has 0 amide bonds. The molecule has 2 rings (SSSR count). The van der Waals surface area contributed by atoms with Gasteiger partial charge in [0, 0.05) is 28.8 Å². The van der Waals surface area contributed by atoms with Gasteiger partial charge in [-0.2, -0.15) is 0 Å². The minimum atomic E-state index is -0.935. The van der Waals surface area contributed by atoms with E-state index in [1.807, 2.05) is 45.2 Å². The number of carboxylic acid groups (broad SMARTS) is 1. The van der Waals surface area contributed by atoms with Gasteiger partial charge in [-0.3, -0.25) is 9.59 Å². The molecule has 5 N–H and O–H groups in total. The molecule has 7 heteroatoms. The molecule has 2 aromatic rings. The number of nitrogens with two attached hydrogens (primary N) is 1. The fraction of sp³-hybridized carbons (Fsp3) is 0.444. The number of H-pyrrole nitrogens is 1. The van der Waals surface area contributed by atoms with Crippen molar-refractivity contribution in [2.24, 2.45) is 5.73 Å². The smallest absolute Gasteiger partial charge is 0.322 e. The van der Waals surface area contributed by atoms with Crippen LogP contribution in [0.5, 0.6) is 0 Å². The van der Waals surface area contributed by atoms with Crippen LogP contribution in [0, 0.1) is 0 Å². The normalized spacial score (nSPS) is 12.8. The van der Waals surface area contributed by atoms with Crippen LogP contribution in [-0.4, -0.2) is 40.2 Å². The maximum atomic E-state index is 11.9. The van der Waals surface area contributed by atoms with Gasteiger partial charge in [0.05, 0.1) is 6.42 Å². The third-order valence-corrected chi connectivity index (χ3v) is 3.55. The lowest BCUT2D eigenvalue weighted by atomic mass is 10.0. The molecular weight excluding hydrogens is 322 g/mol. The van der Waals surface area contributed by atoms with E-state index in [9.17, 15) is 9.59 Å². The van der Waals surface area contributed by atoms with Gasteiger partial charge < -0.3 is 25.9 Å². The molecule has 0 fully saturated rings. The number of benzene rings is 1. The highest BCUT2D eigenvalue weighted by atomic mass is 16.6. The van der Waals surface area contributed by atoms with Gasteiger partial charge in [0.25, 0.3) is 0 Å². The number of ether oxygens (including phenoxy) is 1. The van der Waals surface area contributed by atoms with Crippen LogP contribution in [0.3, 0.4) is 0 Å². The lowest BCUT2D eigenvalue weighted by Crippen LogP contribution is -2.31. The van der Waals surface area contributed by atoms with Gasteiger partial charge in [-0.05, 0) is 44.9 Å². The molecular formula is C18H25N3O4. The van der Waals surface area contributed by atoms with Gasteiger partial charge in [0.15, 0.2) is 0 Å². The fourth-order valence-electron chi connectivity index (χ4n) is 2.69. The van der Waals surface area contributed by atoms with E-state index in [4.69, 9.17) is 15.6 Å². The number of hydrogen-bond acceptors (Lipinski definition) is 5. The standard InChI is InChI=1S/C18H25N3O4/c1-18(2,3)25-16(24)8-12(19)7-11-9-20-13-5-4-6-14(17(11)13)21-10-15(22)23/h4-6,9,12,20-21H,7-8,10,19H2,1-3H3,(H,22,23). The quantitative estimate of drug-likeness (QED) is 0.571. The van der Waals surface area contributed by atoms with Gasteiger partial charge in [-0.1, -0.05) is 6.07 Å². The van der Waals surface area contributed by atoms with Gasteiger partial charge in [0.2, 0.25) is 0 Å². The molecule has 1 unspecified atom stereocenters. The van der Waals surface area contributed by atoms with Crippen molar-refractivity contribution in [3.8, 4) is 0 Å². The summed E-state index contributed by atoms with van der Waals surface area (Å²) in [6.45, 7) is 5.27. The Labute approximate surface area is 146 Å². The van der Waals surface area contributed by atoms with Crippen LogP contribution in [0.15, 0.2) is 24.4 Å². The third kappa shape index (κ3) is 5.49. The average molecular weight is 347 g/mol. The highest BCUT2D eigenvalue weighted by molar-refractivity contribution is 5.96. The Bertz CT molecular complexity index is 761. The molecule has 0 radical (unpaired) electrons. The molecule has 1 aromatic carbocycles. The number of aliphatic carboxylic acids is 1. The number of nitrogens with one attached hydrogen (secondary N) is 2. The van der Waals surface area contributed by atoms with Crippen LogP contribution in [0.1, 0.15) is 32.8 Å².